The van der Waals surface area contributed by atoms with Crippen LogP contribution in [0, 0.1) is 5.41 Å². The summed E-state index contributed by atoms with van der Waals surface area (Å²) >= 11 is 0. The van der Waals surface area contributed by atoms with E-state index in [-0.39, 0.29) is 11.5 Å². The number of hydrogen-bond donors (Lipinski definition) is 1. The molecule has 2 aromatic rings. The predicted molar refractivity (Wildman–Crippen MR) is 97.0 cm³/mol. The zero-order valence-corrected chi connectivity index (χ0v) is 15.0. The third-order valence-electron chi connectivity index (χ3n) is 4.86. The first-order valence-electron chi connectivity index (χ1n) is 8.22. The maximum absolute atomic E-state index is 13.1. The number of nitrogens with zero attached hydrogens (tertiary/aromatic N) is 1. The van der Waals surface area contributed by atoms with Crippen molar-refractivity contribution < 1.29 is 8.42 Å². The van der Waals surface area contributed by atoms with Gasteiger partial charge in [-0.1, -0.05) is 56.3 Å². The van der Waals surface area contributed by atoms with E-state index in [1.165, 1.54) is 0 Å². The first-order chi connectivity index (χ1) is 11.3. The second kappa shape index (κ2) is 6.31. The van der Waals surface area contributed by atoms with E-state index in [1.807, 2.05) is 50.2 Å². The van der Waals surface area contributed by atoms with Crippen LogP contribution in [0.5, 0.6) is 0 Å². The van der Waals surface area contributed by atoms with Crippen LogP contribution < -0.4 is 5.73 Å². The van der Waals surface area contributed by atoms with Crippen LogP contribution in [-0.4, -0.2) is 31.9 Å². The molecule has 24 heavy (non-hydrogen) atoms. The second-order valence-corrected chi connectivity index (χ2v) is 9.05. The highest BCUT2D eigenvalue weighted by molar-refractivity contribution is 7.89. The summed E-state index contributed by atoms with van der Waals surface area (Å²) in [4.78, 5) is 0.343. The Balaban J connectivity index is 1.94. The molecule has 2 aromatic carbocycles. The summed E-state index contributed by atoms with van der Waals surface area (Å²) in [5, 5.41) is 0. The van der Waals surface area contributed by atoms with Crippen LogP contribution >= 0.6 is 0 Å². The molecule has 0 amide bonds. The molecular formula is C19H24N2O2S. The largest absolute Gasteiger partial charge is 0.327 e. The van der Waals surface area contributed by atoms with Crippen molar-refractivity contribution in [3.8, 4) is 11.1 Å². The lowest BCUT2D eigenvalue weighted by molar-refractivity contribution is 0.155. The molecule has 1 fully saturated rings. The van der Waals surface area contributed by atoms with Crippen LogP contribution in [0.4, 0.5) is 0 Å². The Bertz CT molecular complexity index is 816. The summed E-state index contributed by atoms with van der Waals surface area (Å²) in [6.45, 7) is 4.98. The Hall–Kier alpha value is -1.69. The fraction of sp³-hybridized carbons (Fsp3) is 0.368. The molecule has 3 rings (SSSR count). The monoisotopic (exact) mass is 344 g/mol. The van der Waals surface area contributed by atoms with Crippen molar-refractivity contribution in [2.75, 3.05) is 13.1 Å². The molecular weight excluding hydrogens is 320 g/mol. The minimum Gasteiger partial charge on any atom is -0.327 e. The standard InChI is InChI=1S/C19H24N2O2S/c1-19(2)14-21(12-11-18(19)20)24(22,23)17-10-6-9-16(13-17)15-7-4-3-5-8-15/h3-10,13,18H,11-12,14,20H2,1-2H3. The molecule has 0 bridgehead atoms. The first kappa shape index (κ1) is 17.1. The molecule has 5 heteroatoms. The Kier molecular flexibility index (Phi) is 4.51. The van der Waals surface area contributed by atoms with Crippen molar-refractivity contribution in [2.24, 2.45) is 11.1 Å². The van der Waals surface area contributed by atoms with Gasteiger partial charge in [-0.3, -0.25) is 0 Å². The molecule has 0 aromatic heterocycles. The number of rotatable bonds is 3. The topological polar surface area (TPSA) is 63.4 Å². The van der Waals surface area contributed by atoms with Crippen LogP contribution in [0.25, 0.3) is 11.1 Å². The molecule has 0 aliphatic carbocycles. The number of hydrogen-bond acceptors (Lipinski definition) is 3. The van der Waals surface area contributed by atoms with E-state index in [4.69, 9.17) is 5.73 Å². The summed E-state index contributed by atoms with van der Waals surface area (Å²) in [5.41, 5.74) is 7.83. The third kappa shape index (κ3) is 3.24. The molecule has 1 aliphatic heterocycles. The van der Waals surface area contributed by atoms with Gasteiger partial charge in [-0.15, -0.1) is 0 Å². The Morgan fingerprint density at radius 3 is 2.38 bits per heavy atom. The minimum atomic E-state index is -3.51. The lowest BCUT2D eigenvalue weighted by Crippen LogP contribution is -2.53. The zero-order valence-electron chi connectivity index (χ0n) is 14.1. The van der Waals surface area contributed by atoms with Gasteiger partial charge in [0.05, 0.1) is 4.90 Å². The summed E-state index contributed by atoms with van der Waals surface area (Å²) < 4.78 is 27.7. The Morgan fingerprint density at radius 1 is 1.04 bits per heavy atom. The second-order valence-electron chi connectivity index (χ2n) is 7.12. The average molecular weight is 344 g/mol. The summed E-state index contributed by atoms with van der Waals surface area (Å²) in [6.07, 6.45) is 0.685. The number of benzene rings is 2. The van der Waals surface area contributed by atoms with E-state index < -0.39 is 10.0 Å². The van der Waals surface area contributed by atoms with Crippen LogP contribution in [0.1, 0.15) is 20.3 Å². The van der Waals surface area contributed by atoms with Crippen LogP contribution in [0.15, 0.2) is 59.5 Å². The Labute approximate surface area is 144 Å². The van der Waals surface area contributed by atoms with Gasteiger partial charge >= 0.3 is 0 Å². The zero-order chi connectivity index (χ0) is 17.4. The van der Waals surface area contributed by atoms with E-state index in [2.05, 4.69) is 0 Å². The predicted octanol–water partition coefficient (Wildman–Crippen LogP) is 3.10. The normalized spacial score (nSPS) is 21.5. The van der Waals surface area contributed by atoms with Gasteiger partial charge in [0.15, 0.2) is 0 Å². The van der Waals surface area contributed by atoms with E-state index in [9.17, 15) is 8.42 Å². The van der Waals surface area contributed by atoms with Crippen molar-refractivity contribution in [3.05, 3.63) is 54.6 Å². The lowest BCUT2D eigenvalue weighted by atomic mass is 9.81. The molecule has 1 saturated heterocycles. The van der Waals surface area contributed by atoms with Crippen molar-refractivity contribution in [2.45, 2.75) is 31.2 Å². The van der Waals surface area contributed by atoms with Crippen LogP contribution in [0.3, 0.4) is 0 Å². The SMILES string of the molecule is CC1(C)CN(S(=O)(=O)c2cccc(-c3ccccc3)c2)CCC1N. The fourth-order valence-electron chi connectivity index (χ4n) is 3.15. The minimum absolute atomic E-state index is 0.0274. The summed E-state index contributed by atoms with van der Waals surface area (Å²) in [6, 6.07) is 17.0. The fourth-order valence-corrected chi connectivity index (χ4v) is 4.82. The molecule has 1 unspecified atom stereocenters. The van der Waals surface area contributed by atoms with E-state index >= 15 is 0 Å². The van der Waals surface area contributed by atoms with Gasteiger partial charge in [-0.05, 0) is 35.1 Å². The summed E-state index contributed by atoms with van der Waals surface area (Å²) in [7, 11) is -3.51. The van der Waals surface area contributed by atoms with Crippen molar-refractivity contribution in [3.63, 3.8) is 0 Å². The molecule has 128 valence electrons. The smallest absolute Gasteiger partial charge is 0.243 e. The van der Waals surface area contributed by atoms with Gasteiger partial charge in [0, 0.05) is 19.1 Å². The van der Waals surface area contributed by atoms with Gasteiger partial charge in [-0.25, -0.2) is 8.42 Å². The van der Waals surface area contributed by atoms with Crippen molar-refractivity contribution >= 4 is 10.0 Å². The van der Waals surface area contributed by atoms with Gasteiger partial charge in [0.25, 0.3) is 0 Å². The first-order valence-corrected chi connectivity index (χ1v) is 9.66. The van der Waals surface area contributed by atoms with Crippen LogP contribution in [0.2, 0.25) is 0 Å². The average Bonchev–Trinajstić information content (AvgIpc) is 2.58. The molecule has 1 aliphatic rings. The van der Waals surface area contributed by atoms with E-state index in [0.29, 0.717) is 24.4 Å². The highest BCUT2D eigenvalue weighted by Crippen LogP contribution is 2.32. The van der Waals surface area contributed by atoms with Gasteiger partial charge in [0.2, 0.25) is 10.0 Å². The molecule has 4 nitrogen and oxygen atoms in total. The molecule has 2 N–H and O–H groups in total. The maximum atomic E-state index is 13.1. The quantitative estimate of drug-likeness (QED) is 0.930. The third-order valence-corrected chi connectivity index (χ3v) is 6.70. The number of piperidine rings is 1. The molecule has 0 radical (unpaired) electrons. The number of nitrogens with two attached hydrogens (primary N) is 1. The lowest BCUT2D eigenvalue weighted by Gasteiger charge is -2.41. The van der Waals surface area contributed by atoms with Crippen LogP contribution in [-0.2, 0) is 10.0 Å². The molecule has 0 spiro atoms. The molecule has 0 saturated carbocycles. The number of sulfonamides is 1. The van der Waals surface area contributed by atoms with Gasteiger partial charge in [0.1, 0.15) is 0 Å². The van der Waals surface area contributed by atoms with Crippen molar-refractivity contribution in [1.82, 2.24) is 4.31 Å². The van der Waals surface area contributed by atoms with Crippen molar-refractivity contribution in [1.29, 1.82) is 0 Å². The molecule has 1 atom stereocenters. The Morgan fingerprint density at radius 2 is 1.71 bits per heavy atom. The summed E-state index contributed by atoms with van der Waals surface area (Å²) in [5.74, 6) is 0. The molecule has 1 heterocycles. The highest BCUT2D eigenvalue weighted by atomic mass is 32.2. The maximum Gasteiger partial charge on any atom is 0.243 e. The highest BCUT2D eigenvalue weighted by Gasteiger charge is 2.38. The van der Waals surface area contributed by atoms with E-state index in [1.54, 1.807) is 22.5 Å². The van der Waals surface area contributed by atoms with Gasteiger partial charge < -0.3 is 5.73 Å². The van der Waals surface area contributed by atoms with E-state index in [0.717, 1.165) is 11.1 Å². The van der Waals surface area contributed by atoms with Gasteiger partial charge in [-0.2, -0.15) is 4.31 Å².